The number of hydrogen-bond acceptors (Lipinski definition) is 7. The largest absolute Gasteiger partial charge is 0.368 e. The van der Waals surface area contributed by atoms with Crippen LogP contribution in [0.5, 0.6) is 0 Å². The highest BCUT2D eigenvalue weighted by atomic mass is 15.3. The third-order valence-electron chi connectivity index (χ3n) is 4.81. The Morgan fingerprint density at radius 1 is 1.00 bits per heavy atom. The maximum atomic E-state index is 5.68. The summed E-state index contributed by atoms with van der Waals surface area (Å²) in [5, 5.41) is 0. The fourth-order valence-corrected chi connectivity index (χ4v) is 3.31. The third kappa shape index (κ3) is 3.02. The number of nitrogens with two attached hydrogens (primary N) is 2. The highest BCUT2D eigenvalue weighted by Crippen LogP contribution is 2.39. The molecule has 2 rings (SSSR count). The van der Waals surface area contributed by atoms with Crippen LogP contribution in [-0.4, -0.2) is 51.1 Å². The zero-order chi connectivity index (χ0) is 16.0. The lowest BCUT2D eigenvalue weighted by molar-refractivity contribution is -0.0121. The van der Waals surface area contributed by atoms with E-state index in [0.29, 0.717) is 12.0 Å². The number of aromatic nitrogens is 3. The molecular formula is C14H27N7. The molecule has 118 valence electrons. The molecule has 0 amide bonds. The van der Waals surface area contributed by atoms with Crippen LogP contribution < -0.4 is 16.4 Å². The van der Waals surface area contributed by atoms with Gasteiger partial charge in [0.15, 0.2) is 0 Å². The fourth-order valence-electron chi connectivity index (χ4n) is 3.31. The summed E-state index contributed by atoms with van der Waals surface area (Å²) in [7, 11) is 4.19. The van der Waals surface area contributed by atoms with Gasteiger partial charge in [0, 0.05) is 24.2 Å². The molecule has 0 spiro atoms. The summed E-state index contributed by atoms with van der Waals surface area (Å²) in [4.78, 5) is 16.8. The van der Waals surface area contributed by atoms with E-state index in [1.54, 1.807) is 0 Å². The minimum absolute atomic E-state index is 0.102. The Morgan fingerprint density at radius 3 is 1.86 bits per heavy atom. The number of piperidine rings is 1. The van der Waals surface area contributed by atoms with Gasteiger partial charge in [-0.05, 0) is 47.6 Å². The Hall–Kier alpha value is -1.63. The minimum Gasteiger partial charge on any atom is -0.368 e. The Kier molecular flexibility index (Phi) is 3.73. The lowest BCUT2D eigenvalue weighted by Gasteiger charge is -2.55. The molecule has 0 saturated carbocycles. The molecule has 4 N–H and O–H groups in total. The van der Waals surface area contributed by atoms with Crippen LogP contribution in [0.1, 0.15) is 40.5 Å². The van der Waals surface area contributed by atoms with Crippen LogP contribution in [0.4, 0.5) is 17.8 Å². The predicted octanol–water partition coefficient (Wildman–Crippen LogP) is 1.12. The number of hydrogen-bond donors (Lipinski definition) is 2. The van der Waals surface area contributed by atoms with Crippen molar-refractivity contribution in [1.82, 2.24) is 19.9 Å². The van der Waals surface area contributed by atoms with Gasteiger partial charge in [0.05, 0.1) is 0 Å². The Bertz CT molecular complexity index is 488. The minimum atomic E-state index is 0.102. The van der Waals surface area contributed by atoms with E-state index in [1.165, 1.54) is 0 Å². The van der Waals surface area contributed by atoms with E-state index in [-0.39, 0.29) is 23.0 Å². The van der Waals surface area contributed by atoms with Crippen LogP contribution in [0, 0.1) is 0 Å². The first-order valence-corrected chi connectivity index (χ1v) is 7.27. The van der Waals surface area contributed by atoms with Crippen molar-refractivity contribution in [1.29, 1.82) is 0 Å². The van der Waals surface area contributed by atoms with Crippen LogP contribution in [0.15, 0.2) is 0 Å². The molecule has 1 aliphatic rings. The first-order valence-electron chi connectivity index (χ1n) is 7.27. The van der Waals surface area contributed by atoms with E-state index in [9.17, 15) is 0 Å². The average molecular weight is 293 g/mol. The Labute approximate surface area is 126 Å². The summed E-state index contributed by atoms with van der Waals surface area (Å²) >= 11 is 0. The quantitative estimate of drug-likeness (QED) is 0.843. The highest BCUT2D eigenvalue weighted by Gasteiger charge is 2.44. The van der Waals surface area contributed by atoms with E-state index < -0.39 is 0 Å². The SMILES string of the molecule is CN(c1nc(N)nc(N)n1)C1CC(C)(C)N(C)C(C)(C)C1. The van der Waals surface area contributed by atoms with Gasteiger partial charge < -0.3 is 16.4 Å². The van der Waals surface area contributed by atoms with Gasteiger partial charge in [0.25, 0.3) is 0 Å². The van der Waals surface area contributed by atoms with E-state index in [2.05, 4.69) is 59.5 Å². The lowest BCUT2D eigenvalue weighted by atomic mass is 9.77. The second-order valence-electron chi connectivity index (χ2n) is 7.21. The summed E-state index contributed by atoms with van der Waals surface area (Å²) < 4.78 is 0. The van der Waals surface area contributed by atoms with Crippen molar-refractivity contribution in [3.05, 3.63) is 0 Å². The van der Waals surface area contributed by atoms with Crippen LogP contribution >= 0.6 is 0 Å². The van der Waals surface area contributed by atoms with Crippen molar-refractivity contribution in [3.63, 3.8) is 0 Å². The first-order chi connectivity index (χ1) is 9.53. The summed E-state index contributed by atoms with van der Waals surface area (Å²) in [6, 6.07) is 0.326. The summed E-state index contributed by atoms with van der Waals surface area (Å²) in [5.41, 5.74) is 11.6. The van der Waals surface area contributed by atoms with Gasteiger partial charge in [-0.2, -0.15) is 15.0 Å². The number of nitrogen functional groups attached to an aromatic ring is 2. The Balaban J connectivity index is 2.29. The molecule has 7 heteroatoms. The lowest BCUT2D eigenvalue weighted by Crippen LogP contribution is -2.62. The molecule has 1 aromatic rings. The van der Waals surface area contributed by atoms with E-state index in [1.807, 2.05) is 7.05 Å². The number of anilines is 3. The van der Waals surface area contributed by atoms with Crippen LogP contribution in [0.3, 0.4) is 0 Å². The maximum absolute atomic E-state index is 5.68. The molecule has 21 heavy (non-hydrogen) atoms. The highest BCUT2D eigenvalue weighted by molar-refractivity contribution is 5.40. The fraction of sp³-hybridized carbons (Fsp3) is 0.786. The molecule has 0 aromatic carbocycles. The molecule has 7 nitrogen and oxygen atoms in total. The van der Waals surface area contributed by atoms with Crippen LogP contribution in [0.2, 0.25) is 0 Å². The van der Waals surface area contributed by atoms with Crippen molar-refractivity contribution in [3.8, 4) is 0 Å². The van der Waals surface area contributed by atoms with Gasteiger partial charge in [-0.1, -0.05) is 0 Å². The summed E-state index contributed by atoms with van der Waals surface area (Å²) in [5.74, 6) is 0.868. The molecule has 1 aromatic heterocycles. The normalized spacial score (nSPS) is 22.2. The van der Waals surface area contributed by atoms with Gasteiger partial charge in [-0.3, -0.25) is 4.90 Å². The predicted molar refractivity (Wildman–Crippen MR) is 86.0 cm³/mol. The number of rotatable bonds is 2. The smallest absolute Gasteiger partial charge is 0.231 e. The Morgan fingerprint density at radius 2 is 1.43 bits per heavy atom. The summed E-state index contributed by atoms with van der Waals surface area (Å²) in [6.07, 6.45) is 2.05. The monoisotopic (exact) mass is 293 g/mol. The molecule has 2 heterocycles. The van der Waals surface area contributed by atoms with Crippen molar-refractivity contribution in [2.24, 2.45) is 0 Å². The maximum Gasteiger partial charge on any atom is 0.231 e. The molecule has 1 saturated heterocycles. The van der Waals surface area contributed by atoms with Crippen molar-refractivity contribution in [2.75, 3.05) is 30.5 Å². The van der Waals surface area contributed by atoms with E-state index in [0.717, 1.165) is 12.8 Å². The van der Waals surface area contributed by atoms with Gasteiger partial charge in [-0.15, -0.1) is 0 Å². The second kappa shape index (κ2) is 4.98. The van der Waals surface area contributed by atoms with E-state index in [4.69, 9.17) is 11.5 Å². The number of nitrogens with zero attached hydrogens (tertiary/aromatic N) is 5. The van der Waals surface area contributed by atoms with Crippen molar-refractivity contribution < 1.29 is 0 Å². The zero-order valence-corrected chi connectivity index (χ0v) is 13.9. The molecule has 0 unspecified atom stereocenters. The topological polar surface area (TPSA) is 97.2 Å². The second-order valence-corrected chi connectivity index (χ2v) is 7.21. The van der Waals surface area contributed by atoms with Crippen LogP contribution in [-0.2, 0) is 0 Å². The standard InChI is InChI=1S/C14H27N7/c1-13(2)7-9(8-14(3,4)21(13)6)20(5)12-18-10(15)17-11(16)19-12/h9H,7-8H2,1-6H3,(H4,15,16,17,18,19). The van der Waals surface area contributed by atoms with Crippen LogP contribution in [0.25, 0.3) is 0 Å². The van der Waals surface area contributed by atoms with Gasteiger partial charge in [0.2, 0.25) is 17.8 Å². The van der Waals surface area contributed by atoms with Gasteiger partial charge in [0.1, 0.15) is 0 Å². The molecule has 0 bridgehead atoms. The molecule has 1 fully saturated rings. The molecule has 1 aliphatic heterocycles. The molecular weight excluding hydrogens is 266 g/mol. The molecule has 0 aliphatic carbocycles. The first kappa shape index (κ1) is 15.8. The number of likely N-dealkylation sites (tertiary alicyclic amines) is 1. The molecule has 0 atom stereocenters. The average Bonchev–Trinajstić information content (AvgIpc) is 2.33. The zero-order valence-electron chi connectivity index (χ0n) is 13.9. The van der Waals surface area contributed by atoms with Crippen molar-refractivity contribution >= 4 is 17.8 Å². The van der Waals surface area contributed by atoms with Gasteiger partial charge >= 0.3 is 0 Å². The van der Waals surface area contributed by atoms with Crippen molar-refractivity contribution in [2.45, 2.75) is 57.7 Å². The third-order valence-corrected chi connectivity index (χ3v) is 4.81. The molecule has 0 radical (unpaired) electrons. The van der Waals surface area contributed by atoms with Gasteiger partial charge in [-0.25, -0.2) is 0 Å². The summed E-state index contributed by atoms with van der Waals surface area (Å²) in [6.45, 7) is 9.07. The van der Waals surface area contributed by atoms with E-state index >= 15 is 0 Å².